The summed E-state index contributed by atoms with van der Waals surface area (Å²) in [7, 11) is -3.49. The molecule has 6 heteroatoms. The second kappa shape index (κ2) is 7.73. The fourth-order valence-corrected chi connectivity index (χ4v) is 3.34. The zero-order valence-corrected chi connectivity index (χ0v) is 13.2. The number of benzene rings is 1. The van der Waals surface area contributed by atoms with E-state index in [4.69, 9.17) is 10.5 Å². The van der Waals surface area contributed by atoms with Gasteiger partial charge in [-0.15, -0.1) is 0 Å². The molecular weight excluding hydrogens is 276 g/mol. The molecule has 0 atom stereocenters. The maximum atomic E-state index is 12.3. The Kier molecular flexibility index (Phi) is 6.61. The molecule has 0 saturated heterocycles. The second-order valence-corrected chi connectivity index (χ2v) is 6.42. The van der Waals surface area contributed by atoms with Crippen LogP contribution >= 0.6 is 0 Å². The zero-order valence-electron chi connectivity index (χ0n) is 12.4. The van der Waals surface area contributed by atoms with Crippen LogP contribution in [0.5, 0.6) is 0 Å². The standard InChI is InChI=1S/C14H24N2O3S/c1-4-19-7-5-6-16-20(17,18)14-9-13(10-15)8-11(2)12(14)3/h8-9,16H,4-7,10,15H2,1-3H3. The number of sulfonamides is 1. The van der Waals surface area contributed by atoms with E-state index in [-0.39, 0.29) is 0 Å². The number of hydrogen-bond acceptors (Lipinski definition) is 4. The van der Waals surface area contributed by atoms with Gasteiger partial charge in [0.05, 0.1) is 4.90 Å². The van der Waals surface area contributed by atoms with Crippen molar-refractivity contribution in [1.82, 2.24) is 4.72 Å². The molecule has 0 bridgehead atoms. The Bertz CT molecular complexity index is 542. The Balaban J connectivity index is 2.84. The average Bonchev–Trinajstić information content (AvgIpc) is 2.41. The topological polar surface area (TPSA) is 81.4 Å². The van der Waals surface area contributed by atoms with E-state index in [2.05, 4.69) is 4.72 Å². The monoisotopic (exact) mass is 300 g/mol. The number of nitrogens with one attached hydrogen (secondary N) is 1. The summed E-state index contributed by atoms with van der Waals surface area (Å²) in [4.78, 5) is 0.314. The maximum absolute atomic E-state index is 12.3. The van der Waals surface area contributed by atoms with E-state index in [1.54, 1.807) is 6.07 Å². The molecule has 1 rings (SSSR count). The minimum atomic E-state index is -3.49. The van der Waals surface area contributed by atoms with Crippen molar-refractivity contribution in [2.24, 2.45) is 5.73 Å². The molecule has 114 valence electrons. The molecule has 0 amide bonds. The van der Waals surface area contributed by atoms with E-state index in [9.17, 15) is 8.42 Å². The van der Waals surface area contributed by atoms with E-state index in [1.807, 2.05) is 26.8 Å². The minimum Gasteiger partial charge on any atom is -0.382 e. The lowest BCUT2D eigenvalue weighted by molar-refractivity contribution is 0.146. The van der Waals surface area contributed by atoms with Crippen molar-refractivity contribution in [1.29, 1.82) is 0 Å². The highest BCUT2D eigenvalue weighted by molar-refractivity contribution is 7.89. The number of hydrogen-bond donors (Lipinski definition) is 2. The molecule has 1 aromatic carbocycles. The van der Waals surface area contributed by atoms with Crippen LogP contribution in [-0.4, -0.2) is 28.2 Å². The third kappa shape index (κ3) is 4.56. The molecule has 0 aliphatic carbocycles. The van der Waals surface area contributed by atoms with Crippen molar-refractivity contribution in [3.63, 3.8) is 0 Å². The van der Waals surface area contributed by atoms with Gasteiger partial charge in [0.15, 0.2) is 0 Å². The van der Waals surface area contributed by atoms with Gasteiger partial charge in [-0.1, -0.05) is 6.07 Å². The van der Waals surface area contributed by atoms with Gasteiger partial charge >= 0.3 is 0 Å². The van der Waals surface area contributed by atoms with E-state index >= 15 is 0 Å². The van der Waals surface area contributed by atoms with E-state index < -0.39 is 10.0 Å². The van der Waals surface area contributed by atoms with E-state index in [0.29, 0.717) is 37.6 Å². The number of ether oxygens (including phenoxy) is 1. The quantitative estimate of drug-likeness (QED) is 0.712. The van der Waals surface area contributed by atoms with E-state index in [0.717, 1.165) is 16.7 Å². The summed E-state index contributed by atoms with van der Waals surface area (Å²) in [6, 6.07) is 3.57. The first-order valence-electron chi connectivity index (χ1n) is 6.80. The molecule has 3 N–H and O–H groups in total. The summed E-state index contributed by atoms with van der Waals surface area (Å²) >= 11 is 0. The van der Waals surface area contributed by atoms with Crippen LogP contribution in [0.2, 0.25) is 0 Å². The molecule has 0 radical (unpaired) electrons. The van der Waals surface area contributed by atoms with Crippen molar-refractivity contribution in [3.8, 4) is 0 Å². The first-order chi connectivity index (χ1) is 9.42. The number of rotatable bonds is 8. The number of nitrogens with two attached hydrogens (primary N) is 1. The fourth-order valence-electron chi connectivity index (χ4n) is 1.90. The summed E-state index contributed by atoms with van der Waals surface area (Å²) in [5.74, 6) is 0. The van der Waals surface area contributed by atoms with Crippen LogP contribution < -0.4 is 10.5 Å². The molecule has 0 heterocycles. The largest absolute Gasteiger partial charge is 0.382 e. The highest BCUT2D eigenvalue weighted by Crippen LogP contribution is 2.20. The molecule has 0 unspecified atom stereocenters. The predicted octanol–water partition coefficient (Wildman–Crippen LogP) is 1.47. The SMILES string of the molecule is CCOCCCNS(=O)(=O)c1cc(CN)cc(C)c1C. The van der Waals surface area contributed by atoms with Gasteiger partial charge in [0.1, 0.15) is 0 Å². The third-order valence-corrected chi connectivity index (χ3v) is 4.75. The van der Waals surface area contributed by atoms with E-state index in [1.165, 1.54) is 0 Å². The first-order valence-corrected chi connectivity index (χ1v) is 8.28. The summed E-state index contributed by atoms with van der Waals surface area (Å²) in [5.41, 5.74) is 8.12. The Morgan fingerprint density at radius 3 is 2.60 bits per heavy atom. The second-order valence-electron chi connectivity index (χ2n) is 4.69. The van der Waals surface area contributed by atoms with Crippen LogP contribution in [0.1, 0.15) is 30.0 Å². The highest BCUT2D eigenvalue weighted by Gasteiger charge is 2.18. The molecule has 0 fully saturated rings. The van der Waals surface area contributed by atoms with Gasteiger partial charge in [-0.2, -0.15) is 0 Å². The Hall–Kier alpha value is -0.950. The molecular formula is C14H24N2O3S. The molecule has 0 aromatic heterocycles. The Labute approximate surface area is 121 Å². The lowest BCUT2D eigenvalue weighted by atomic mass is 10.1. The van der Waals surface area contributed by atoms with Crippen LogP contribution in [0.25, 0.3) is 0 Å². The molecule has 1 aromatic rings. The van der Waals surface area contributed by atoms with Crippen LogP contribution in [0.3, 0.4) is 0 Å². The lowest BCUT2D eigenvalue weighted by Crippen LogP contribution is -2.26. The molecule has 5 nitrogen and oxygen atoms in total. The van der Waals surface area contributed by atoms with Gasteiger partial charge in [0.2, 0.25) is 10.0 Å². The van der Waals surface area contributed by atoms with Crippen molar-refractivity contribution in [2.75, 3.05) is 19.8 Å². The highest BCUT2D eigenvalue weighted by atomic mass is 32.2. The molecule has 0 aliphatic heterocycles. The third-order valence-electron chi connectivity index (χ3n) is 3.17. The Morgan fingerprint density at radius 2 is 2.00 bits per heavy atom. The average molecular weight is 300 g/mol. The van der Waals surface area contributed by atoms with Gasteiger partial charge in [0, 0.05) is 26.3 Å². The fraction of sp³-hybridized carbons (Fsp3) is 0.571. The van der Waals surface area contributed by atoms with Crippen LogP contribution in [0, 0.1) is 13.8 Å². The first kappa shape index (κ1) is 17.1. The summed E-state index contributed by atoms with van der Waals surface area (Å²) in [5, 5.41) is 0. The molecule has 20 heavy (non-hydrogen) atoms. The van der Waals surface area contributed by atoms with Gasteiger partial charge < -0.3 is 10.5 Å². The smallest absolute Gasteiger partial charge is 0.240 e. The summed E-state index contributed by atoms with van der Waals surface area (Å²) in [6.07, 6.45) is 0.654. The van der Waals surface area contributed by atoms with Crippen LogP contribution in [0.4, 0.5) is 0 Å². The van der Waals surface area contributed by atoms with Gasteiger partial charge in [-0.05, 0) is 49.9 Å². The van der Waals surface area contributed by atoms with Gasteiger partial charge in [0.25, 0.3) is 0 Å². The summed E-state index contributed by atoms with van der Waals surface area (Å²) in [6.45, 7) is 7.51. The van der Waals surface area contributed by atoms with Crippen molar-refractivity contribution in [3.05, 3.63) is 28.8 Å². The van der Waals surface area contributed by atoms with Crippen molar-refractivity contribution in [2.45, 2.75) is 38.6 Å². The maximum Gasteiger partial charge on any atom is 0.240 e. The number of aryl methyl sites for hydroxylation is 1. The zero-order chi connectivity index (χ0) is 15.2. The van der Waals surface area contributed by atoms with Crippen molar-refractivity contribution >= 4 is 10.0 Å². The van der Waals surface area contributed by atoms with Crippen LogP contribution in [0.15, 0.2) is 17.0 Å². The molecule has 0 saturated carbocycles. The molecule has 0 aliphatic rings. The van der Waals surface area contributed by atoms with Crippen LogP contribution in [-0.2, 0) is 21.3 Å². The van der Waals surface area contributed by atoms with Gasteiger partial charge in [-0.25, -0.2) is 13.1 Å². The molecule has 0 spiro atoms. The Morgan fingerprint density at radius 1 is 1.30 bits per heavy atom. The predicted molar refractivity (Wildman–Crippen MR) is 80.1 cm³/mol. The minimum absolute atomic E-state index is 0.314. The van der Waals surface area contributed by atoms with Crippen molar-refractivity contribution < 1.29 is 13.2 Å². The normalized spacial score (nSPS) is 11.8. The van der Waals surface area contributed by atoms with Gasteiger partial charge in [-0.3, -0.25) is 0 Å². The lowest BCUT2D eigenvalue weighted by Gasteiger charge is -2.13. The summed E-state index contributed by atoms with van der Waals surface area (Å²) < 4.78 is 32.4.